The van der Waals surface area contributed by atoms with Crippen LogP contribution in [-0.2, 0) is 0 Å². The molecule has 4 nitrogen and oxygen atoms in total. The second-order valence-corrected chi connectivity index (χ2v) is 5.88. The Morgan fingerprint density at radius 1 is 1.23 bits per heavy atom. The molecule has 22 heavy (non-hydrogen) atoms. The minimum atomic E-state index is 0.582. The fourth-order valence-corrected chi connectivity index (χ4v) is 2.96. The summed E-state index contributed by atoms with van der Waals surface area (Å²) >= 11 is 3.55. The quantitative estimate of drug-likeness (QED) is 0.732. The van der Waals surface area contributed by atoms with Crippen LogP contribution in [-0.4, -0.2) is 23.7 Å². The average molecular weight is 361 g/mol. The van der Waals surface area contributed by atoms with Crippen molar-refractivity contribution in [1.82, 2.24) is 9.97 Å². The van der Waals surface area contributed by atoms with Gasteiger partial charge in [0.1, 0.15) is 5.82 Å². The first kappa shape index (κ1) is 14.9. The van der Waals surface area contributed by atoms with Gasteiger partial charge in [0.05, 0.1) is 29.2 Å². The van der Waals surface area contributed by atoms with Crippen molar-refractivity contribution >= 4 is 27.0 Å². The van der Waals surface area contributed by atoms with Crippen LogP contribution in [0.3, 0.4) is 0 Å². The summed E-state index contributed by atoms with van der Waals surface area (Å²) in [6.07, 6.45) is 0. The number of aryl methyl sites for hydroxylation is 1. The molecule has 0 aliphatic carbocycles. The summed E-state index contributed by atoms with van der Waals surface area (Å²) in [5.74, 6) is 2.20. The minimum Gasteiger partial charge on any atom is -0.493 e. The van der Waals surface area contributed by atoms with Gasteiger partial charge in [-0.25, -0.2) is 4.98 Å². The highest BCUT2D eigenvalue weighted by Gasteiger charge is 2.14. The van der Waals surface area contributed by atoms with Gasteiger partial charge in [0.2, 0.25) is 0 Å². The molecule has 0 fully saturated rings. The normalized spacial score (nSPS) is 10.9. The van der Waals surface area contributed by atoms with Crippen LogP contribution >= 0.6 is 15.9 Å². The molecule has 0 aliphatic heterocycles. The Hall–Kier alpha value is -2.01. The molecule has 1 heterocycles. The summed E-state index contributed by atoms with van der Waals surface area (Å²) in [4.78, 5) is 8.00. The Bertz CT molecular complexity index is 827. The highest BCUT2D eigenvalue weighted by Crippen LogP contribution is 2.39. The second-order valence-electron chi connectivity index (χ2n) is 5.03. The Balaban J connectivity index is 2.11. The van der Waals surface area contributed by atoms with Crippen LogP contribution in [0, 0.1) is 6.92 Å². The van der Waals surface area contributed by atoms with Crippen molar-refractivity contribution in [3.63, 3.8) is 0 Å². The topological polar surface area (TPSA) is 47.1 Å². The summed E-state index contributed by atoms with van der Waals surface area (Å²) in [5.41, 5.74) is 4.12. The number of benzene rings is 2. The third kappa shape index (κ3) is 2.68. The van der Waals surface area contributed by atoms with Crippen molar-refractivity contribution < 1.29 is 9.47 Å². The first-order valence-corrected chi connectivity index (χ1v) is 7.88. The smallest absolute Gasteiger partial charge is 0.175 e. The number of nitrogens with one attached hydrogen (secondary N) is 1. The fourth-order valence-electron chi connectivity index (χ4n) is 2.40. The Morgan fingerprint density at radius 2 is 2.05 bits per heavy atom. The molecule has 0 saturated carbocycles. The van der Waals surface area contributed by atoms with Gasteiger partial charge >= 0.3 is 0 Å². The summed E-state index contributed by atoms with van der Waals surface area (Å²) in [6, 6.07) is 10.1. The Labute approximate surface area is 137 Å². The first-order valence-electron chi connectivity index (χ1n) is 7.09. The monoisotopic (exact) mass is 360 g/mol. The van der Waals surface area contributed by atoms with Gasteiger partial charge in [-0.1, -0.05) is 6.07 Å². The van der Waals surface area contributed by atoms with Crippen molar-refractivity contribution in [1.29, 1.82) is 0 Å². The Morgan fingerprint density at radius 3 is 2.77 bits per heavy atom. The second kappa shape index (κ2) is 6.01. The molecule has 114 valence electrons. The van der Waals surface area contributed by atoms with E-state index in [-0.39, 0.29) is 0 Å². The molecule has 2 aromatic carbocycles. The van der Waals surface area contributed by atoms with Crippen LogP contribution in [0.2, 0.25) is 0 Å². The van der Waals surface area contributed by atoms with Gasteiger partial charge in [0.25, 0.3) is 0 Å². The molecule has 0 unspecified atom stereocenters. The van der Waals surface area contributed by atoms with E-state index in [0.29, 0.717) is 18.1 Å². The summed E-state index contributed by atoms with van der Waals surface area (Å²) < 4.78 is 11.9. The SMILES string of the molecule is CCOc1c(Br)cc(-c2nc3ccc(C)cc3[nH]2)cc1OC. The molecule has 1 N–H and O–H groups in total. The molecule has 3 rings (SSSR count). The van der Waals surface area contributed by atoms with Crippen molar-refractivity contribution in [3.8, 4) is 22.9 Å². The molecule has 0 spiro atoms. The highest BCUT2D eigenvalue weighted by molar-refractivity contribution is 9.10. The summed E-state index contributed by atoms with van der Waals surface area (Å²) in [6.45, 7) is 4.59. The largest absolute Gasteiger partial charge is 0.493 e. The third-order valence-corrected chi connectivity index (χ3v) is 4.02. The minimum absolute atomic E-state index is 0.582. The number of methoxy groups -OCH3 is 1. The number of hydrogen-bond acceptors (Lipinski definition) is 3. The lowest BCUT2D eigenvalue weighted by molar-refractivity contribution is 0.309. The number of aromatic nitrogens is 2. The summed E-state index contributed by atoms with van der Waals surface area (Å²) in [5, 5.41) is 0. The molecule has 0 atom stereocenters. The van der Waals surface area contributed by atoms with Crippen molar-refractivity contribution in [2.45, 2.75) is 13.8 Å². The molecule has 0 aliphatic rings. The van der Waals surface area contributed by atoms with Crippen LogP contribution in [0.1, 0.15) is 12.5 Å². The number of ether oxygens (including phenoxy) is 2. The van der Waals surface area contributed by atoms with Crippen LogP contribution in [0.25, 0.3) is 22.4 Å². The van der Waals surface area contributed by atoms with E-state index in [1.807, 2.05) is 25.1 Å². The van der Waals surface area contributed by atoms with Gasteiger partial charge in [0, 0.05) is 5.56 Å². The predicted octanol–water partition coefficient (Wildman–Crippen LogP) is 4.71. The van der Waals surface area contributed by atoms with E-state index in [9.17, 15) is 0 Å². The predicted molar refractivity (Wildman–Crippen MR) is 91.7 cm³/mol. The number of fused-ring (bicyclic) bond motifs is 1. The zero-order valence-electron chi connectivity index (χ0n) is 12.7. The van der Waals surface area contributed by atoms with Gasteiger partial charge in [-0.15, -0.1) is 0 Å². The molecule has 0 saturated heterocycles. The molecular weight excluding hydrogens is 344 g/mol. The van der Waals surface area contributed by atoms with Crippen molar-refractivity contribution in [2.75, 3.05) is 13.7 Å². The standard InChI is InChI=1S/C17H17BrN2O2/c1-4-22-16-12(18)8-11(9-15(16)21-3)17-19-13-6-5-10(2)7-14(13)20-17/h5-9H,4H2,1-3H3,(H,19,20). The zero-order chi connectivity index (χ0) is 15.7. The van der Waals surface area contributed by atoms with E-state index >= 15 is 0 Å². The van der Waals surface area contributed by atoms with Crippen molar-refractivity contribution in [2.24, 2.45) is 0 Å². The lowest BCUT2D eigenvalue weighted by Gasteiger charge is -2.12. The van der Waals surface area contributed by atoms with Gasteiger partial charge in [-0.2, -0.15) is 0 Å². The zero-order valence-corrected chi connectivity index (χ0v) is 14.3. The van der Waals surface area contributed by atoms with E-state index in [2.05, 4.69) is 45.0 Å². The molecule has 0 radical (unpaired) electrons. The molecule has 0 bridgehead atoms. The number of nitrogens with zero attached hydrogens (tertiary/aromatic N) is 1. The number of hydrogen-bond donors (Lipinski definition) is 1. The van der Waals surface area contributed by atoms with Crippen LogP contribution < -0.4 is 9.47 Å². The van der Waals surface area contributed by atoms with Crippen LogP contribution in [0.15, 0.2) is 34.8 Å². The van der Waals surface area contributed by atoms with Gasteiger partial charge in [-0.3, -0.25) is 0 Å². The molecule has 5 heteroatoms. The van der Waals surface area contributed by atoms with Gasteiger partial charge in [0.15, 0.2) is 11.5 Å². The van der Waals surface area contributed by atoms with E-state index < -0.39 is 0 Å². The van der Waals surface area contributed by atoms with E-state index in [1.54, 1.807) is 7.11 Å². The number of rotatable bonds is 4. The number of aromatic amines is 1. The molecule has 0 amide bonds. The third-order valence-electron chi connectivity index (χ3n) is 3.43. The van der Waals surface area contributed by atoms with Crippen LogP contribution in [0.4, 0.5) is 0 Å². The number of imidazole rings is 1. The van der Waals surface area contributed by atoms with Crippen LogP contribution in [0.5, 0.6) is 11.5 Å². The fraction of sp³-hybridized carbons (Fsp3) is 0.235. The van der Waals surface area contributed by atoms with E-state index in [0.717, 1.165) is 26.9 Å². The molecule has 1 aromatic heterocycles. The highest BCUT2D eigenvalue weighted by atomic mass is 79.9. The number of halogens is 1. The first-order chi connectivity index (χ1) is 10.6. The summed E-state index contributed by atoms with van der Waals surface area (Å²) in [7, 11) is 1.63. The van der Waals surface area contributed by atoms with Gasteiger partial charge < -0.3 is 14.5 Å². The molecule has 3 aromatic rings. The Kier molecular flexibility index (Phi) is 4.07. The maximum Gasteiger partial charge on any atom is 0.175 e. The molecular formula is C17H17BrN2O2. The maximum atomic E-state index is 5.62. The van der Waals surface area contributed by atoms with E-state index in [1.165, 1.54) is 5.56 Å². The lowest BCUT2D eigenvalue weighted by atomic mass is 10.2. The maximum absolute atomic E-state index is 5.62. The average Bonchev–Trinajstić information content (AvgIpc) is 2.92. The lowest BCUT2D eigenvalue weighted by Crippen LogP contribution is -1.97. The van der Waals surface area contributed by atoms with Gasteiger partial charge in [-0.05, 0) is 59.6 Å². The van der Waals surface area contributed by atoms with Crippen molar-refractivity contribution in [3.05, 3.63) is 40.4 Å². The number of H-pyrrole nitrogens is 1. The van der Waals surface area contributed by atoms with E-state index in [4.69, 9.17) is 9.47 Å².